The fourth-order valence-corrected chi connectivity index (χ4v) is 6.66. The maximum Gasteiger partial charge on any atom is 0.00793 e. The van der Waals surface area contributed by atoms with Crippen molar-refractivity contribution in [3.05, 3.63) is 0 Å². The van der Waals surface area contributed by atoms with Gasteiger partial charge in [-0.3, -0.25) is 0 Å². The fourth-order valence-electron chi connectivity index (χ4n) is 6.66. The third-order valence-electron chi connectivity index (χ3n) is 7.64. The summed E-state index contributed by atoms with van der Waals surface area (Å²) in [4.78, 5) is 0. The molecule has 0 saturated heterocycles. The molecule has 2 nitrogen and oxygen atoms in total. The van der Waals surface area contributed by atoms with E-state index in [1.165, 1.54) is 64.6 Å². The van der Waals surface area contributed by atoms with Gasteiger partial charge in [-0.1, -0.05) is 32.1 Å². The fraction of sp³-hybridized carbons (Fsp3) is 1.00. The van der Waals surface area contributed by atoms with Crippen LogP contribution in [0.4, 0.5) is 0 Å². The second kappa shape index (κ2) is 7.87. The van der Waals surface area contributed by atoms with Gasteiger partial charge in [0.2, 0.25) is 0 Å². The lowest BCUT2D eigenvalue weighted by molar-refractivity contribution is -0.0353. The zero-order chi connectivity index (χ0) is 15.5. The zero-order valence-corrected chi connectivity index (χ0v) is 15.1. The van der Waals surface area contributed by atoms with Crippen LogP contribution in [0.15, 0.2) is 0 Å². The Morgan fingerprint density at radius 3 is 1.91 bits per heavy atom. The van der Waals surface area contributed by atoms with E-state index in [0.29, 0.717) is 0 Å². The molecule has 5 aliphatic carbocycles. The molecule has 0 radical (unpaired) electrons. The normalized spacial score (nSPS) is 41.0. The van der Waals surface area contributed by atoms with Crippen LogP contribution in [0.1, 0.15) is 77.0 Å². The van der Waals surface area contributed by atoms with Crippen LogP contribution in [0.5, 0.6) is 0 Å². The lowest BCUT2D eigenvalue weighted by Crippen LogP contribution is -2.49. The summed E-state index contributed by atoms with van der Waals surface area (Å²) in [5.74, 6) is 5.42. The van der Waals surface area contributed by atoms with Crippen LogP contribution in [0.25, 0.3) is 0 Å². The summed E-state index contributed by atoms with van der Waals surface area (Å²) in [5.41, 5.74) is 0. The summed E-state index contributed by atoms with van der Waals surface area (Å²) in [7, 11) is 0. The highest BCUT2D eigenvalue weighted by Gasteiger charge is 2.47. The quantitative estimate of drug-likeness (QED) is 0.711. The van der Waals surface area contributed by atoms with Crippen molar-refractivity contribution in [3.63, 3.8) is 0 Å². The third kappa shape index (κ3) is 4.12. The minimum Gasteiger partial charge on any atom is -0.315 e. The Balaban J connectivity index is 1.12. The SMILES string of the molecule is C1CCCC(NCCNCC2C3CC4CC(C3)CC2C4)CCC1. The molecule has 0 aliphatic heterocycles. The number of hydrogen-bond donors (Lipinski definition) is 2. The van der Waals surface area contributed by atoms with Gasteiger partial charge in [-0.25, -0.2) is 0 Å². The Labute approximate surface area is 143 Å². The van der Waals surface area contributed by atoms with Crippen LogP contribution in [0, 0.1) is 29.6 Å². The van der Waals surface area contributed by atoms with E-state index in [1.807, 2.05) is 0 Å². The van der Waals surface area contributed by atoms with Gasteiger partial charge in [-0.2, -0.15) is 0 Å². The summed E-state index contributed by atoms with van der Waals surface area (Å²) >= 11 is 0. The Kier molecular flexibility index (Phi) is 5.61. The molecule has 0 aromatic heterocycles. The Morgan fingerprint density at radius 2 is 1.26 bits per heavy atom. The topological polar surface area (TPSA) is 24.1 Å². The molecule has 2 N–H and O–H groups in total. The summed E-state index contributed by atoms with van der Waals surface area (Å²) in [6.07, 6.45) is 18.0. The molecule has 5 aliphatic rings. The van der Waals surface area contributed by atoms with Crippen LogP contribution >= 0.6 is 0 Å². The van der Waals surface area contributed by atoms with E-state index in [2.05, 4.69) is 10.6 Å². The monoisotopic (exact) mass is 318 g/mol. The van der Waals surface area contributed by atoms with Crippen LogP contribution < -0.4 is 10.6 Å². The molecular formula is C21H38N2. The van der Waals surface area contributed by atoms with Gasteiger partial charge in [0.25, 0.3) is 0 Å². The lowest BCUT2D eigenvalue weighted by atomic mass is 9.52. The molecule has 5 saturated carbocycles. The summed E-state index contributed by atoms with van der Waals surface area (Å²) in [6, 6.07) is 0.804. The molecule has 5 fully saturated rings. The molecule has 0 heterocycles. The molecule has 132 valence electrons. The highest BCUT2D eigenvalue weighted by molar-refractivity contribution is 4.98. The second-order valence-corrected chi connectivity index (χ2v) is 9.29. The van der Waals surface area contributed by atoms with Crippen LogP contribution in [-0.4, -0.2) is 25.7 Å². The van der Waals surface area contributed by atoms with E-state index in [4.69, 9.17) is 0 Å². The van der Waals surface area contributed by atoms with Gasteiger partial charge in [0.1, 0.15) is 0 Å². The lowest BCUT2D eigenvalue weighted by Gasteiger charge is -2.54. The second-order valence-electron chi connectivity index (χ2n) is 9.29. The van der Waals surface area contributed by atoms with Gasteiger partial charge in [0, 0.05) is 19.1 Å². The Bertz CT molecular complexity index is 331. The summed E-state index contributed by atoms with van der Waals surface area (Å²) < 4.78 is 0. The standard InChI is InChI=1S/C21H38N2/c1-2-4-6-20(7-5-3-1)23-9-8-22-15-21-18-11-16-10-17(13-18)14-19(21)12-16/h16-23H,1-15H2. The van der Waals surface area contributed by atoms with E-state index in [-0.39, 0.29) is 0 Å². The van der Waals surface area contributed by atoms with E-state index >= 15 is 0 Å². The van der Waals surface area contributed by atoms with Crippen LogP contribution in [0.3, 0.4) is 0 Å². The van der Waals surface area contributed by atoms with Gasteiger partial charge < -0.3 is 10.6 Å². The molecule has 0 aromatic rings. The van der Waals surface area contributed by atoms with Crippen molar-refractivity contribution in [1.82, 2.24) is 10.6 Å². The van der Waals surface area contributed by atoms with E-state index in [0.717, 1.165) is 35.6 Å². The van der Waals surface area contributed by atoms with Crippen molar-refractivity contribution in [2.45, 2.75) is 83.1 Å². The maximum absolute atomic E-state index is 3.83. The van der Waals surface area contributed by atoms with Gasteiger partial charge in [-0.05, 0) is 81.1 Å². The van der Waals surface area contributed by atoms with Gasteiger partial charge in [0.15, 0.2) is 0 Å². The van der Waals surface area contributed by atoms with Gasteiger partial charge in [0.05, 0.1) is 0 Å². The summed E-state index contributed by atoms with van der Waals surface area (Å²) in [5, 5.41) is 7.65. The highest BCUT2D eigenvalue weighted by Crippen LogP contribution is 2.56. The zero-order valence-electron chi connectivity index (χ0n) is 15.1. The highest BCUT2D eigenvalue weighted by atomic mass is 15.0. The molecule has 0 amide bonds. The first-order valence-electron chi connectivity index (χ1n) is 10.8. The van der Waals surface area contributed by atoms with Crippen LogP contribution in [0.2, 0.25) is 0 Å². The Morgan fingerprint density at radius 1 is 0.652 bits per heavy atom. The molecule has 23 heavy (non-hydrogen) atoms. The average Bonchev–Trinajstić information content (AvgIpc) is 2.50. The average molecular weight is 319 g/mol. The van der Waals surface area contributed by atoms with Crippen molar-refractivity contribution in [1.29, 1.82) is 0 Å². The number of hydrogen-bond acceptors (Lipinski definition) is 2. The molecule has 0 unspecified atom stereocenters. The van der Waals surface area contributed by atoms with Crippen molar-refractivity contribution in [2.24, 2.45) is 29.6 Å². The first-order valence-corrected chi connectivity index (χ1v) is 10.8. The molecule has 2 heteroatoms. The van der Waals surface area contributed by atoms with Crippen molar-refractivity contribution in [3.8, 4) is 0 Å². The number of rotatable bonds is 6. The first kappa shape index (κ1) is 16.4. The molecule has 0 spiro atoms. The molecule has 0 aromatic carbocycles. The minimum atomic E-state index is 0.804. The van der Waals surface area contributed by atoms with Crippen molar-refractivity contribution >= 4 is 0 Å². The van der Waals surface area contributed by atoms with E-state index < -0.39 is 0 Å². The van der Waals surface area contributed by atoms with Crippen molar-refractivity contribution < 1.29 is 0 Å². The largest absolute Gasteiger partial charge is 0.315 e. The van der Waals surface area contributed by atoms with Gasteiger partial charge >= 0.3 is 0 Å². The van der Waals surface area contributed by atoms with Crippen molar-refractivity contribution in [2.75, 3.05) is 19.6 Å². The van der Waals surface area contributed by atoms with Crippen LogP contribution in [-0.2, 0) is 0 Å². The van der Waals surface area contributed by atoms with E-state index in [9.17, 15) is 0 Å². The molecular weight excluding hydrogens is 280 g/mol. The Hall–Kier alpha value is -0.0800. The molecule has 0 atom stereocenters. The molecule has 5 rings (SSSR count). The molecule has 4 bridgehead atoms. The predicted molar refractivity (Wildman–Crippen MR) is 97.5 cm³/mol. The predicted octanol–water partition coefficient (Wildman–Crippen LogP) is 4.35. The van der Waals surface area contributed by atoms with Gasteiger partial charge in [-0.15, -0.1) is 0 Å². The summed E-state index contributed by atoms with van der Waals surface area (Å²) in [6.45, 7) is 3.67. The maximum atomic E-state index is 3.83. The first-order chi connectivity index (χ1) is 11.4. The minimum absolute atomic E-state index is 0.804. The third-order valence-corrected chi connectivity index (χ3v) is 7.64. The number of nitrogens with one attached hydrogen (secondary N) is 2. The smallest absolute Gasteiger partial charge is 0.00793 e. The van der Waals surface area contributed by atoms with E-state index in [1.54, 1.807) is 32.1 Å².